The lowest BCUT2D eigenvalue weighted by atomic mass is 10.1. The van der Waals surface area contributed by atoms with Gasteiger partial charge in [-0.3, -0.25) is 0 Å². The van der Waals surface area contributed by atoms with Crippen LogP contribution in [0.3, 0.4) is 0 Å². The zero-order valence-corrected chi connectivity index (χ0v) is 11.7. The van der Waals surface area contributed by atoms with Gasteiger partial charge >= 0.3 is 6.09 Å². The van der Waals surface area contributed by atoms with Gasteiger partial charge in [0, 0.05) is 0 Å². The Labute approximate surface area is 124 Å². The van der Waals surface area contributed by atoms with Gasteiger partial charge < -0.3 is 10.1 Å². The Bertz CT molecular complexity index is 630. The minimum Gasteiger partial charge on any atom is -0.445 e. The number of nitrogens with zero attached hydrogens (tertiary/aromatic N) is 1. The average Bonchev–Trinajstić information content (AvgIpc) is 2.52. The van der Waals surface area contributed by atoms with Crippen molar-refractivity contribution in [2.45, 2.75) is 19.6 Å². The summed E-state index contributed by atoms with van der Waals surface area (Å²) in [5, 5.41) is 11.7. The minimum atomic E-state index is -0.714. The van der Waals surface area contributed by atoms with E-state index in [1.54, 1.807) is 0 Å². The molecule has 1 atom stereocenters. The van der Waals surface area contributed by atoms with Gasteiger partial charge in [-0.05, 0) is 18.1 Å². The number of amides is 1. The van der Waals surface area contributed by atoms with E-state index in [1.807, 2.05) is 61.5 Å². The van der Waals surface area contributed by atoms with Crippen LogP contribution in [0.4, 0.5) is 4.79 Å². The van der Waals surface area contributed by atoms with Crippen LogP contribution in [0.15, 0.2) is 54.6 Å². The molecular weight excluding hydrogens is 264 g/mol. The first-order valence-corrected chi connectivity index (χ1v) is 6.62. The predicted molar refractivity (Wildman–Crippen MR) is 79.3 cm³/mol. The van der Waals surface area contributed by atoms with Gasteiger partial charge in [-0.1, -0.05) is 60.2 Å². The van der Waals surface area contributed by atoms with Crippen LogP contribution >= 0.6 is 0 Å². The Morgan fingerprint density at radius 1 is 1.19 bits per heavy atom. The molecule has 2 rings (SSSR count). The predicted octanol–water partition coefficient (Wildman–Crippen LogP) is 3.49. The van der Waals surface area contributed by atoms with Crippen molar-refractivity contribution in [3.63, 3.8) is 0 Å². The van der Waals surface area contributed by atoms with Gasteiger partial charge in [-0.25, -0.2) is 4.79 Å². The van der Waals surface area contributed by atoms with Crippen LogP contribution in [-0.2, 0) is 11.3 Å². The molecule has 21 heavy (non-hydrogen) atoms. The van der Waals surface area contributed by atoms with Gasteiger partial charge in [-0.15, -0.1) is 0 Å². The molecule has 1 amide bonds. The molecule has 0 spiro atoms. The van der Waals surface area contributed by atoms with Crippen LogP contribution in [0.2, 0.25) is 0 Å². The van der Waals surface area contributed by atoms with E-state index in [4.69, 9.17) is 10.00 Å². The molecule has 1 unspecified atom stereocenters. The number of hydrogen-bond donors (Lipinski definition) is 1. The van der Waals surface area contributed by atoms with Gasteiger partial charge in [0.2, 0.25) is 0 Å². The maximum Gasteiger partial charge on any atom is 0.408 e. The van der Waals surface area contributed by atoms with E-state index in [2.05, 4.69) is 11.4 Å². The molecule has 0 saturated heterocycles. The first-order chi connectivity index (χ1) is 10.2. The van der Waals surface area contributed by atoms with Crippen LogP contribution < -0.4 is 5.32 Å². The molecule has 0 bridgehead atoms. The van der Waals surface area contributed by atoms with Gasteiger partial charge in [0.1, 0.15) is 12.6 Å². The molecule has 2 aromatic rings. The topological polar surface area (TPSA) is 62.1 Å². The number of rotatable bonds is 4. The molecule has 4 nitrogen and oxygen atoms in total. The Morgan fingerprint density at radius 3 is 2.48 bits per heavy atom. The van der Waals surface area contributed by atoms with Crippen molar-refractivity contribution in [1.82, 2.24) is 5.32 Å². The fourth-order valence-electron chi connectivity index (χ4n) is 1.83. The highest BCUT2D eigenvalue weighted by Gasteiger charge is 2.14. The molecule has 106 valence electrons. The van der Waals surface area contributed by atoms with Crippen molar-refractivity contribution in [3.05, 3.63) is 71.3 Å². The zero-order chi connectivity index (χ0) is 15.1. The monoisotopic (exact) mass is 280 g/mol. The summed E-state index contributed by atoms with van der Waals surface area (Å²) < 4.78 is 5.10. The van der Waals surface area contributed by atoms with E-state index < -0.39 is 12.1 Å². The van der Waals surface area contributed by atoms with Gasteiger partial charge in [0.25, 0.3) is 0 Å². The zero-order valence-electron chi connectivity index (χ0n) is 11.7. The number of ether oxygens (including phenoxy) is 1. The van der Waals surface area contributed by atoms with E-state index in [1.165, 1.54) is 0 Å². The smallest absolute Gasteiger partial charge is 0.408 e. The van der Waals surface area contributed by atoms with Crippen molar-refractivity contribution in [2.24, 2.45) is 0 Å². The second kappa shape index (κ2) is 7.11. The van der Waals surface area contributed by atoms with Crippen LogP contribution in [0.1, 0.15) is 22.7 Å². The molecular formula is C17H16N2O2. The Morgan fingerprint density at radius 2 is 1.86 bits per heavy atom. The maximum absolute atomic E-state index is 11.7. The second-order valence-electron chi connectivity index (χ2n) is 4.68. The van der Waals surface area contributed by atoms with Crippen molar-refractivity contribution >= 4 is 6.09 Å². The Kier molecular flexibility index (Phi) is 4.94. The highest BCUT2D eigenvalue weighted by atomic mass is 16.5. The summed E-state index contributed by atoms with van der Waals surface area (Å²) in [5.74, 6) is 0. The fraction of sp³-hybridized carbons (Fsp3) is 0.176. The number of benzene rings is 2. The van der Waals surface area contributed by atoms with E-state index in [9.17, 15) is 4.79 Å². The van der Waals surface area contributed by atoms with E-state index >= 15 is 0 Å². The van der Waals surface area contributed by atoms with Crippen molar-refractivity contribution in [1.29, 1.82) is 5.26 Å². The van der Waals surface area contributed by atoms with Crippen molar-refractivity contribution in [3.8, 4) is 6.07 Å². The van der Waals surface area contributed by atoms with Gasteiger partial charge in [0.05, 0.1) is 6.07 Å². The van der Waals surface area contributed by atoms with Gasteiger partial charge in [0.15, 0.2) is 0 Å². The molecule has 1 N–H and O–H groups in total. The number of hydrogen-bond acceptors (Lipinski definition) is 3. The summed E-state index contributed by atoms with van der Waals surface area (Å²) in [7, 11) is 0. The molecule has 0 aliphatic rings. The molecule has 0 radical (unpaired) electrons. The van der Waals surface area contributed by atoms with Crippen LogP contribution in [0.25, 0.3) is 0 Å². The highest BCUT2D eigenvalue weighted by Crippen LogP contribution is 2.13. The summed E-state index contributed by atoms with van der Waals surface area (Å²) >= 11 is 0. The van der Waals surface area contributed by atoms with E-state index in [0.717, 1.165) is 16.7 Å². The normalized spacial score (nSPS) is 11.2. The lowest BCUT2D eigenvalue weighted by Crippen LogP contribution is -2.28. The summed E-state index contributed by atoms with van der Waals surface area (Å²) in [6, 6.07) is 18.2. The number of carbonyl (C=O) groups excluding carboxylic acids is 1. The van der Waals surface area contributed by atoms with Crippen LogP contribution in [0, 0.1) is 18.3 Å². The van der Waals surface area contributed by atoms with E-state index in [-0.39, 0.29) is 6.61 Å². The number of alkyl carbamates (subject to hydrolysis) is 1. The second-order valence-corrected chi connectivity index (χ2v) is 4.68. The third-order valence-corrected chi connectivity index (χ3v) is 3.01. The molecule has 2 aromatic carbocycles. The number of nitriles is 1. The molecule has 0 aliphatic carbocycles. The Balaban J connectivity index is 1.91. The SMILES string of the molecule is Cc1ccc(C(C#N)NC(=O)OCc2ccccc2)cc1. The molecule has 0 saturated carbocycles. The third kappa shape index (κ3) is 4.36. The average molecular weight is 280 g/mol. The van der Waals surface area contributed by atoms with Crippen molar-refractivity contribution in [2.75, 3.05) is 0 Å². The third-order valence-electron chi connectivity index (χ3n) is 3.01. The molecule has 0 aliphatic heterocycles. The Hall–Kier alpha value is -2.80. The highest BCUT2D eigenvalue weighted by molar-refractivity contribution is 5.68. The standard InChI is InChI=1S/C17H16N2O2/c1-13-7-9-15(10-8-13)16(11-18)19-17(20)21-12-14-5-3-2-4-6-14/h2-10,16H,12H2,1H3,(H,19,20). The number of aryl methyl sites for hydroxylation is 1. The largest absolute Gasteiger partial charge is 0.445 e. The summed E-state index contributed by atoms with van der Waals surface area (Å²) in [6.45, 7) is 2.14. The quantitative estimate of drug-likeness (QED) is 0.932. The van der Waals surface area contributed by atoms with Crippen LogP contribution in [0.5, 0.6) is 0 Å². The molecule has 0 aromatic heterocycles. The lowest BCUT2D eigenvalue weighted by molar-refractivity contribution is 0.137. The number of carbonyl (C=O) groups is 1. The molecule has 0 fully saturated rings. The van der Waals surface area contributed by atoms with E-state index in [0.29, 0.717) is 0 Å². The summed E-state index contributed by atoms with van der Waals surface area (Å²) in [5.41, 5.74) is 2.73. The van der Waals surface area contributed by atoms with Gasteiger partial charge in [-0.2, -0.15) is 5.26 Å². The fourth-order valence-corrected chi connectivity index (χ4v) is 1.83. The molecule has 4 heteroatoms. The minimum absolute atomic E-state index is 0.179. The molecule has 0 heterocycles. The lowest BCUT2D eigenvalue weighted by Gasteiger charge is -2.12. The first-order valence-electron chi connectivity index (χ1n) is 6.62. The summed E-state index contributed by atoms with van der Waals surface area (Å²) in [6.07, 6.45) is -0.606. The maximum atomic E-state index is 11.7. The first kappa shape index (κ1) is 14.6. The van der Waals surface area contributed by atoms with Crippen molar-refractivity contribution < 1.29 is 9.53 Å². The summed E-state index contributed by atoms with van der Waals surface area (Å²) in [4.78, 5) is 11.7. The van der Waals surface area contributed by atoms with Crippen LogP contribution in [-0.4, -0.2) is 6.09 Å². The number of nitrogens with one attached hydrogen (secondary N) is 1.